The number of rotatable bonds is 6. The fourth-order valence-electron chi connectivity index (χ4n) is 4.27. The highest BCUT2D eigenvalue weighted by molar-refractivity contribution is 6.10. The first kappa shape index (κ1) is 20.9. The average Bonchev–Trinajstić information content (AvgIpc) is 3.56. The van der Waals surface area contributed by atoms with E-state index in [1.807, 2.05) is 97.1 Å². The summed E-state index contributed by atoms with van der Waals surface area (Å²) in [6.45, 7) is 0.132. The first-order valence-corrected chi connectivity index (χ1v) is 11.4. The fraction of sp³-hybridized carbons (Fsp3) is 0.0667. The molecule has 0 aliphatic carbocycles. The van der Waals surface area contributed by atoms with Crippen molar-refractivity contribution < 1.29 is 18.7 Å². The number of hydrogen-bond donors (Lipinski definition) is 0. The van der Waals surface area contributed by atoms with Gasteiger partial charge in [0.2, 0.25) is 6.79 Å². The van der Waals surface area contributed by atoms with Crippen molar-refractivity contribution in [2.24, 2.45) is 0 Å². The number of carbonyl (C=O) groups excluding carboxylic acids is 1. The smallest absolute Gasteiger partial charge is 0.231 e. The summed E-state index contributed by atoms with van der Waals surface area (Å²) >= 11 is 0. The Morgan fingerprint density at radius 1 is 0.743 bits per heavy atom. The molecule has 0 N–H and O–H groups in total. The molecule has 5 nitrogen and oxygen atoms in total. The van der Waals surface area contributed by atoms with Gasteiger partial charge in [0.05, 0.1) is 6.42 Å². The summed E-state index contributed by atoms with van der Waals surface area (Å²) in [6, 6.07) is 32.7. The number of benzene rings is 4. The molecule has 35 heavy (non-hydrogen) atoms. The molecule has 0 bridgehead atoms. The van der Waals surface area contributed by atoms with Crippen LogP contribution in [0.3, 0.4) is 0 Å². The second kappa shape index (κ2) is 8.95. The van der Waals surface area contributed by atoms with Gasteiger partial charge in [-0.1, -0.05) is 91.0 Å². The van der Waals surface area contributed by atoms with E-state index >= 15 is 0 Å². The number of oxazole rings is 1. The minimum atomic E-state index is -0.0861. The zero-order valence-corrected chi connectivity index (χ0v) is 18.8. The molecule has 4 aromatic carbocycles. The van der Waals surface area contributed by atoms with Crippen LogP contribution < -0.4 is 9.47 Å². The SMILES string of the molecule is O=C(c1ccccc1)c1cc2c(cc1Cc1nc(-c3ccccc3)c(-c3ccccc3)o1)OCO2. The first-order valence-electron chi connectivity index (χ1n) is 11.4. The molecule has 1 aliphatic rings. The van der Waals surface area contributed by atoms with E-state index in [0.29, 0.717) is 40.7 Å². The van der Waals surface area contributed by atoms with Crippen LogP contribution in [0.2, 0.25) is 0 Å². The third-order valence-electron chi connectivity index (χ3n) is 5.98. The Bertz CT molecular complexity index is 1440. The molecule has 0 atom stereocenters. The maximum Gasteiger partial charge on any atom is 0.231 e. The van der Waals surface area contributed by atoms with Crippen molar-refractivity contribution >= 4 is 5.78 Å². The first-order chi connectivity index (χ1) is 17.3. The Balaban J connectivity index is 1.45. The third-order valence-corrected chi connectivity index (χ3v) is 5.98. The van der Waals surface area contributed by atoms with Crippen molar-refractivity contribution in [1.29, 1.82) is 0 Å². The van der Waals surface area contributed by atoms with Gasteiger partial charge in [0.25, 0.3) is 0 Å². The lowest BCUT2D eigenvalue weighted by Gasteiger charge is -2.09. The molecular weight excluding hydrogens is 438 g/mol. The van der Waals surface area contributed by atoms with Gasteiger partial charge < -0.3 is 13.9 Å². The van der Waals surface area contributed by atoms with Gasteiger partial charge in [0.15, 0.2) is 28.9 Å². The highest BCUT2D eigenvalue weighted by Gasteiger charge is 2.24. The molecule has 0 spiro atoms. The van der Waals surface area contributed by atoms with Crippen molar-refractivity contribution in [2.75, 3.05) is 6.79 Å². The van der Waals surface area contributed by atoms with E-state index in [1.165, 1.54) is 0 Å². The number of ketones is 1. The molecule has 1 aromatic heterocycles. The van der Waals surface area contributed by atoms with Gasteiger partial charge in [-0.15, -0.1) is 0 Å². The molecule has 0 fully saturated rings. The van der Waals surface area contributed by atoms with Crippen LogP contribution in [-0.4, -0.2) is 17.6 Å². The van der Waals surface area contributed by atoms with E-state index < -0.39 is 0 Å². The van der Waals surface area contributed by atoms with E-state index in [1.54, 1.807) is 6.07 Å². The summed E-state index contributed by atoms with van der Waals surface area (Å²) in [5, 5.41) is 0. The van der Waals surface area contributed by atoms with E-state index in [-0.39, 0.29) is 12.6 Å². The lowest BCUT2D eigenvalue weighted by atomic mass is 9.96. The monoisotopic (exact) mass is 459 g/mol. The average molecular weight is 460 g/mol. The van der Waals surface area contributed by atoms with Gasteiger partial charge in [0, 0.05) is 22.3 Å². The highest BCUT2D eigenvalue weighted by atomic mass is 16.7. The van der Waals surface area contributed by atoms with Gasteiger partial charge in [-0.2, -0.15) is 0 Å². The largest absolute Gasteiger partial charge is 0.454 e. The molecule has 6 rings (SSSR count). The number of ether oxygens (including phenoxy) is 2. The number of hydrogen-bond acceptors (Lipinski definition) is 5. The van der Waals surface area contributed by atoms with Crippen LogP contribution >= 0.6 is 0 Å². The van der Waals surface area contributed by atoms with Crippen LogP contribution in [0.4, 0.5) is 0 Å². The Morgan fingerprint density at radius 2 is 1.34 bits per heavy atom. The summed E-state index contributed by atoms with van der Waals surface area (Å²) in [5.41, 5.74) is 4.59. The molecule has 0 amide bonds. The lowest BCUT2D eigenvalue weighted by molar-refractivity contribution is 0.103. The highest BCUT2D eigenvalue weighted by Crippen LogP contribution is 2.38. The number of carbonyl (C=O) groups is 1. The molecule has 1 aliphatic heterocycles. The normalized spacial score (nSPS) is 12.0. The molecule has 0 saturated heterocycles. The maximum absolute atomic E-state index is 13.4. The standard InChI is InChI=1S/C30H21NO4/c32-29(21-12-6-2-7-13-21)24-18-26-25(33-19-34-26)16-23(24)17-27-31-28(20-10-4-1-5-11-20)30(35-27)22-14-8-3-9-15-22/h1-16,18H,17,19H2. The maximum atomic E-state index is 13.4. The van der Waals surface area contributed by atoms with Crippen LogP contribution in [0, 0.1) is 0 Å². The van der Waals surface area contributed by atoms with Gasteiger partial charge in [-0.3, -0.25) is 4.79 Å². The van der Waals surface area contributed by atoms with Crippen molar-refractivity contribution in [2.45, 2.75) is 6.42 Å². The van der Waals surface area contributed by atoms with Crippen molar-refractivity contribution in [3.05, 3.63) is 126 Å². The summed E-state index contributed by atoms with van der Waals surface area (Å²) in [5.74, 6) is 2.31. The van der Waals surface area contributed by atoms with Crippen molar-refractivity contribution in [1.82, 2.24) is 4.98 Å². The Kier molecular flexibility index (Phi) is 5.35. The predicted octanol–water partition coefficient (Wildman–Crippen LogP) is 6.56. The van der Waals surface area contributed by atoms with E-state index in [0.717, 1.165) is 22.4 Å². The molecule has 0 unspecified atom stereocenters. The van der Waals surface area contributed by atoms with E-state index in [4.69, 9.17) is 18.9 Å². The number of aromatic nitrogens is 1. The van der Waals surface area contributed by atoms with Crippen molar-refractivity contribution in [3.8, 4) is 34.1 Å². The molecular formula is C30H21NO4. The zero-order chi connectivity index (χ0) is 23.6. The molecule has 5 heteroatoms. The minimum absolute atomic E-state index is 0.0861. The van der Waals surface area contributed by atoms with Crippen LogP contribution in [0.5, 0.6) is 11.5 Å². The van der Waals surface area contributed by atoms with Crippen LogP contribution in [0.1, 0.15) is 27.4 Å². The molecule has 0 radical (unpaired) electrons. The third kappa shape index (κ3) is 4.08. The summed E-state index contributed by atoms with van der Waals surface area (Å²) < 4.78 is 17.5. The van der Waals surface area contributed by atoms with Gasteiger partial charge in [0.1, 0.15) is 5.69 Å². The van der Waals surface area contributed by atoms with Crippen LogP contribution in [0.15, 0.2) is 108 Å². The number of fused-ring (bicyclic) bond motifs is 1. The van der Waals surface area contributed by atoms with Gasteiger partial charge >= 0.3 is 0 Å². The second-order valence-corrected chi connectivity index (χ2v) is 8.25. The van der Waals surface area contributed by atoms with Crippen LogP contribution in [0.25, 0.3) is 22.6 Å². The van der Waals surface area contributed by atoms with Crippen LogP contribution in [-0.2, 0) is 6.42 Å². The summed E-state index contributed by atoms with van der Waals surface area (Å²) in [7, 11) is 0. The predicted molar refractivity (Wildman–Crippen MR) is 133 cm³/mol. The molecule has 5 aromatic rings. The zero-order valence-electron chi connectivity index (χ0n) is 18.8. The minimum Gasteiger partial charge on any atom is -0.454 e. The molecule has 0 saturated carbocycles. The van der Waals surface area contributed by atoms with Gasteiger partial charge in [-0.05, 0) is 17.7 Å². The lowest BCUT2D eigenvalue weighted by Crippen LogP contribution is -2.06. The number of nitrogens with zero attached hydrogens (tertiary/aromatic N) is 1. The Morgan fingerprint density at radius 3 is 2.03 bits per heavy atom. The topological polar surface area (TPSA) is 61.6 Å². The summed E-state index contributed by atoms with van der Waals surface area (Å²) in [6.07, 6.45) is 0.331. The van der Waals surface area contributed by atoms with E-state index in [2.05, 4.69) is 0 Å². The quantitative estimate of drug-likeness (QED) is 0.269. The second-order valence-electron chi connectivity index (χ2n) is 8.25. The van der Waals surface area contributed by atoms with Crippen molar-refractivity contribution in [3.63, 3.8) is 0 Å². The molecule has 2 heterocycles. The Labute approximate surface area is 202 Å². The van der Waals surface area contributed by atoms with Gasteiger partial charge in [-0.25, -0.2) is 4.98 Å². The fourth-order valence-corrected chi connectivity index (χ4v) is 4.27. The molecule has 170 valence electrons. The summed E-state index contributed by atoms with van der Waals surface area (Å²) in [4.78, 5) is 18.3. The van der Waals surface area contributed by atoms with E-state index in [9.17, 15) is 4.79 Å². The Hall–Kier alpha value is -4.64.